The number of nitrogens with one attached hydrogen (secondary N) is 1. The molecule has 21 heavy (non-hydrogen) atoms. The molecule has 0 radical (unpaired) electrons. The number of nitro benzene ring substituents is 1. The van der Waals surface area contributed by atoms with Crippen molar-refractivity contribution in [3.05, 3.63) is 69.5 Å². The van der Waals surface area contributed by atoms with Crippen molar-refractivity contribution in [2.75, 3.05) is 0 Å². The average Bonchev–Trinajstić information content (AvgIpc) is 2.52. The SMILES string of the molecule is N#Cc1ccc(C(=O)NCc2ccccc2[N+](=O)[O-])nc1. The Labute approximate surface area is 120 Å². The number of rotatable bonds is 4. The van der Waals surface area contributed by atoms with Crippen LogP contribution in [0.2, 0.25) is 0 Å². The summed E-state index contributed by atoms with van der Waals surface area (Å²) < 4.78 is 0. The molecule has 2 aromatic rings. The highest BCUT2D eigenvalue weighted by molar-refractivity contribution is 5.92. The molecule has 0 bridgehead atoms. The van der Waals surface area contributed by atoms with Crippen LogP contribution in [0, 0.1) is 21.4 Å². The normalized spacial score (nSPS) is 9.67. The van der Waals surface area contributed by atoms with Crippen molar-refractivity contribution in [3.8, 4) is 6.07 Å². The molecule has 1 aromatic heterocycles. The molecular formula is C14H10N4O3. The highest BCUT2D eigenvalue weighted by Gasteiger charge is 2.14. The first-order valence-electron chi connectivity index (χ1n) is 5.98. The predicted octanol–water partition coefficient (Wildman–Crippen LogP) is 1.79. The summed E-state index contributed by atoms with van der Waals surface area (Å²) in [6.07, 6.45) is 1.29. The van der Waals surface area contributed by atoms with E-state index >= 15 is 0 Å². The first-order chi connectivity index (χ1) is 10.1. The van der Waals surface area contributed by atoms with E-state index in [1.54, 1.807) is 18.2 Å². The molecule has 104 valence electrons. The molecule has 0 spiro atoms. The Morgan fingerprint density at radius 1 is 1.33 bits per heavy atom. The van der Waals surface area contributed by atoms with E-state index in [4.69, 9.17) is 5.26 Å². The number of nitriles is 1. The van der Waals surface area contributed by atoms with E-state index in [0.717, 1.165) is 0 Å². The molecular weight excluding hydrogens is 272 g/mol. The van der Waals surface area contributed by atoms with Crippen LogP contribution in [0.3, 0.4) is 0 Å². The van der Waals surface area contributed by atoms with Crippen LogP contribution in [0.15, 0.2) is 42.6 Å². The summed E-state index contributed by atoms with van der Waals surface area (Å²) in [5.74, 6) is -0.461. The van der Waals surface area contributed by atoms with Gasteiger partial charge in [0.1, 0.15) is 11.8 Å². The molecule has 0 aliphatic rings. The Morgan fingerprint density at radius 2 is 2.10 bits per heavy atom. The zero-order chi connectivity index (χ0) is 15.2. The second kappa shape index (κ2) is 6.25. The zero-order valence-corrected chi connectivity index (χ0v) is 10.8. The van der Waals surface area contributed by atoms with E-state index in [9.17, 15) is 14.9 Å². The lowest BCUT2D eigenvalue weighted by Gasteiger charge is -2.05. The number of pyridine rings is 1. The summed E-state index contributed by atoms with van der Waals surface area (Å²) in [7, 11) is 0. The van der Waals surface area contributed by atoms with Gasteiger partial charge in [-0.1, -0.05) is 18.2 Å². The van der Waals surface area contributed by atoms with Crippen molar-refractivity contribution in [3.63, 3.8) is 0 Å². The second-order valence-corrected chi connectivity index (χ2v) is 4.11. The molecule has 0 saturated carbocycles. The van der Waals surface area contributed by atoms with Gasteiger partial charge in [0.15, 0.2) is 0 Å². The molecule has 1 amide bonds. The van der Waals surface area contributed by atoms with Gasteiger partial charge in [-0.15, -0.1) is 0 Å². The van der Waals surface area contributed by atoms with Crippen LogP contribution in [0.25, 0.3) is 0 Å². The topological polar surface area (TPSA) is 109 Å². The Bertz CT molecular complexity index is 720. The number of hydrogen-bond donors (Lipinski definition) is 1. The molecule has 7 heteroatoms. The fourth-order valence-corrected chi connectivity index (χ4v) is 1.70. The summed E-state index contributed by atoms with van der Waals surface area (Å²) in [6, 6.07) is 11.0. The van der Waals surface area contributed by atoms with Gasteiger partial charge in [0.2, 0.25) is 0 Å². The minimum Gasteiger partial charge on any atom is -0.346 e. The molecule has 0 atom stereocenters. The van der Waals surface area contributed by atoms with Crippen LogP contribution in [-0.4, -0.2) is 15.8 Å². The van der Waals surface area contributed by atoms with E-state index in [2.05, 4.69) is 10.3 Å². The standard InChI is InChI=1S/C14H10N4O3/c15-7-10-5-6-12(16-8-10)14(19)17-9-11-3-1-2-4-13(11)18(20)21/h1-6,8H,9H2,(H,17,19). The third-order valence-corrected chi connectivity index (χ3v) is 2.75. The first kappa shape index (κ1) is 14.1. The number of hydrogen-bond acceptors (Lipinski definition) is 5. The van der Waals surface area contributed by atoms with Gasteiger partial charge in [-0.2, -0.15) is 5.26 Å². The minimum absolute atomic E-state index is 0.0255. The maximum absolute atomic E-state index is 11.9. The van der Waals surface area contributed by atoms with Gasteiger partial charge in [-0.3, -0.25) is 14.9 Å². The van der Waals surface area contributed by atoms with Gasteiger partial charge >= 0.3 is 0 Å². The van der Waals surface area contributed by atoms with Crippen molar-refractivity contribution in [2.24, 2.45) is 0 Å². The van der Waals surface area contributed by atoms with E-state index in [1.165, 1.54) is 24.4 Å². The van der Waals surface area contributed by atoms with Gasteiger partial charge in [0, 0.05) is 24.4 Å². The lowest BCUT2D eigenvalue weighted by Crippen LogP contribution is -2.24. The fourth-order valence-electron chi connectivity index (χ4n) is 1.70. The molecule has 1 aromatic carbocycles. The minimum atomic E-state index is -0.499. The number of carbonyl (C=O) groups is 1. The van der Waals surface area contributed by atoms with Crippen LogP contribution >= 0.6 is 0 Å². The van der Waals surface area contributed by atoms with Crippen LogP contribution in [0.5, 0.6) is 0 Å². The molecule has 0 saturated heterocycles. The molecule has 1 N–H and O–H groups in total. The van der Waals surface area contributed by atoms with Gasteiger partial charge in [0.05, 0.1) is 10.5 Å². The van der Waals surface area contributed by atoms with E-state index in [-0.39, 0.29) is 17.9 Å². The van der Waals surface area contributed by atoms with Crippen molar-refractivity contribution < 1.29 is 9.72 Å². The third kappa shape index (κ3) is 3.39. The lowest BCUT2D eigenvalue weighted by atomic mass is 10.2. The van der Waals surface area contributed by atoms with Crippen LogP contribution in [-0.2, 0) is 6.54 Å². The Morgan fingerprint density at radius 3 is 2.71 bits per heavy atom. The Kier molecular flexibility index (Phi) is 4.21. The summed E-state index contributed by atoms with van der Waals surface area (Å²) >= 11 is 0. The third-order valence-electron chi connectivity index (χ3n) is 2.75. The van der Waals surface area contributed by atoms with Crippen molar-refractivity contribution in [1.82, 2.24) is 10.3 Å². The number of nitro groups is 1. The summed E-state index contributed by atoms with van der Waals surface area (Å²) in [5, 5.41) is 22.1. The molecule has 0 aliphatic heterocycles. The van der Waals surface area contributed by atoms with Crippen molar-refractivity contribution in [2.45, 2.75) is 6.54 Å². The molecule has 7 nitrogen and oxygen atoms in total. The van der Waals surface area contributed by atoms with Gasteiger partial charge in [0.25, 0.3) is 11.6 Å². The summed E-state index contributed by atoms with van der Waals surface area (Å²) in [5.41, 5.74) is 0.855. The zero-order valence-electron chi connectivity index (χ0n) is 10.8. The van der Waals surface area contributed by atoms with E-state index < -0.39 is 10.8 Å². The number of carbonyl (C=O) groups excluding carboxylic acids is 1. The van der Waals surface area contributed by atoms with Crippen molar-refractivity contribution >= 4 is 11.6 Å². The van der Waals surface area contributed by atoms with Crippen LogP contribution < -0.4 is 5.32 Å². The fraction of sp³-hybridized carbons (Fsp3) is 0.0714. The second-order valence-electron chi connectivity index (χ2n) is 4.11. The molecule has 1 heterocycles. The summed E-state index contributed by atoms with van der Waals surface area (Å²) in [4.78, 5) is 26.1. The maximum Gasteiger partial charge on any atom is 0.274 e. The van der Waals surface area contributed by atoms with Crippen LogP contribution in [0.4, 0.5) is 5.69 Å². The van der Waals surface area contributed by atoms with E-state index in [1.807, 2.05) is 6.07 Å². The first-order valence-corrected chi connectivity index (χ1v) is 5.98. The van der Waals surface area contributed by atoms with E-state index in [0.29, 0.717) is 11.1 Å². The van der Waals surface area contributed by atoms with Gasteiger partial charge < -0.3 is 5.32 Å². The van der Waals surface area contributed by atoms with Gasteiger partial charge in [-0.25, -0.2) is 4.98 Å². The molecule has 0 aliphatic carbocycles. The molecule has 0 fully saturated rings. The monoisotopic (exact) mass is 282 g/mol. The highest BCUT2D eigenvalue weighted by Crippen LogP contribution is 2.17. The quantitative estimate of drug-likeness (QED) is 0.679. The number of nitrogens with zero attached hydrogens (tertiary/aromatic N) is 3. The number of benzene rings is 1. The number of aromatic nitrogens is 1. The Hall–Kier alpha value is -3.27. The number of para-hydroxylation sites is 1. The smallest absolute Gasteiger partial charge is 0.274 e. The highest BCUT2D eigenvalue weighted by atomic mass is 16.6. The Balaban J connectivity index is 2.07. The maximum atomic E-state index is 11.9. The predicted molar refractivity (Wildman–Crippen MR) is 73.2 cm³/mol. The summed E-state index contributed by atoms with van der Waals surface area (Å²) in [6.45, 7) is 0.0255. The largest absolute Gasteiger partial charge is 0.346 e. The van der Waals surface area contributed by atoms with Gasteiger partial charge in [-0.05, 0) is 12.1 Å². The molecule has 0 unspecified atom stereocenters. The average molecular weight is 282 g/mol. The van der Waals surface area contributed by atoms with Crippen molar-refractivity contribution in [1.29, 1.82) is 5.26 Å². The van der Waals surface area contributed by atoms with Crippen LogP contribution in [0.1, 0.15) is 21.6 Å². The molecule has 2 rings (SSSR count). The number of amides is 1. The lowest BCUT2D eigenvalue weighted by molar-refractivity contribution is -0.385.